The van der Waals surface area contributed by atoms with Crippen molar-refractivity contribution in [3.8, 4) is 0 Å². The van der Waals surface area contributed by atoms with Crippen LogP contribution in [-0.2, 0) is 4.43 Å². The third kappa shape index (κ3) is 4.73. The smallest absolute Gasteiger partial charge is 0.192 e. The van der Waals surface area contributed by atoms with Crippen molar-refractivity contribution in [2.75, 3.05) is 4.43 Å². The van der Waals surface area contributed by atoms with Crippen LogP contribution < -0.4 is 0 Å². The van der Waals surface area contributed by atoms with E-state index in [1.54, 1.807) is 0 Å². The van der Waals surface area contributed by atoms with E-state index in [9.17, 15) is 0 Å². The first kappa shape index (κ1) is 15.9. The molecule has 0 aromatic carbocycles. The van der Waals surface area contributed by atoms with Crippen molar-refractivity contribution in [3.05, 3.63) is 0 Å². The molecule has 0 aliphatic carbocycles. The molecule has 0 saturated carbocycles. The SMILES string of the molecule is CC[C@@H](O[Si](C)(C)C(C)(C)C)[C@@H](C)CI. The number of halogens is 1. The van der Waals surface area contributed by atoms with E-state index in [0.29, 0.717) is 17.1 Å². The van der Waals surface area contributed by atoms with Gasteiger partial charge < -0.3 is 4.43 Å². The van der Waals surface area contributed by atoms with Gasteiger partial charge in [0, 0.05) is 10.5 Å². The predicted octanol–water partition coefficient (Wildman–Crippen LogP) is 4.86. The van der Waals surface area contributed by atoms with Crippen molar-refractivity contribution in [1.29, 1.82) is 0 Å². The van der Waals surface area contributed by atoms with Crippen LogP contribution in [0.5, 0.6) is 0 Å². The Morgan fingerprint density at radius 2 is 1.73 bits per heavy atom. The van der Waals surface area contributed by atoms with E-state index < -0.39 is 8.32 Å². The zero-order valence-electron chi connectivity index (χ0n) is 11.4. The highest BCUT2D eigenvalue weighted by atomic mass is 127. The molecule has 0 aromatic rings. The van der Waals surface area contributed by atoms with Gasteiger partial charge in [0.25, 0.3) is 0 Å². The fraction of sp³-hybridized carbons (Fsp3) is 1.00. The van der Waals surface area contributed by atoms with Gasteiger partial charge in [-0.25, -0.2) is 0 Å². The molecular formula is C12H27IOSi. The van der Waals surface area contributed by atoms with Crippen LogP contribution in [0, 0.1) is 5.92 Å². The molecule has 0 bridgehead atoms. The van der Waals surface area contributed by atoms with E-state index >= 15 is 0 Å². The minimum Gasteiger partial charge on any atom is -0.414 e. The maximum absolute atomic E-state index is 6.44. The Morgan fingerprint density at radius 1 is 1.27 bits per heavy atom. The summed E-state index contributed by atoms with van der Waals surface area (Å²) >= 11 is 2.46. The summed E-state index contributed by atoms with van der Waals surface area (Å²) in [5.74, 6) is 0.671. The second-order valence-electron chi connectivity index (χ2n) is 5.96. The first-order valence-electron chi connectivity index (χ1n) is 5.89. The highest BCUT2D eigenvalue weighted by molar-refractivity contribution is 14.1. The third-order valence-electron chi connectivity index (χ3n) is 3.53. The monoisotopic (exact) mass is 342 g/mol. The highest BCUT2D eigenvalue weighted by Crippen LogP contribution is 2.38. The second-order valence-corrected chi connectivity index (χ2v) is 11.6. The maximum atomic E-state index is 6.44. The molecule has 0 amide bonds. The number of alkyl halides is 1. The molecule has 2 atom stereocenters. The summed E-state index contributed by atoms with van der Waals surface area (Å²) in [4.78, 5) is 0. The van der Waals surface area contributed by atoms with Crippen LogP contribution in [0.4, 0.5) is 0 Å². The summed E-state index contributed by atoms with van der Waals surface area (Å²) in [5, 5.41) is 0.325. The van der Waals surface area contributed by atoms with Gasteiger partial charge in [-0.05, 0) is 30.5 Å². The minimum atomic E-state index is -1.57. The van der Waals surface area contributed by atoms with Gasteiger partial charge in [-0.1, -0.05) is 57.2 Å². The molecule has 0 aliphatic rings. The molecule has 1 nitrogen and oxygen atoms in total. The molecule has 3 heteroatoms. The molecule has 0 aliphatic heterocycles. The van der Waals surface area contributed by atoms with E-state index in [1.165, 1.54) is 4.43 Å². The fourth-order valence-electron chi connectivity index (χ4n) is 1.26. The highest BCUT2D eigenvalue weighted by Gasteiger charge is 2.39. The summed E-state index contributed by atoms with van der Waals surface area (Å²) in [7, 11) is -1.57. The molecule has 0 rings (SSSR count). The van der Waals surface area contributed by atoms with Crippen LogP contribution in [0.2, 0.25) is 18.1 Å². The Kier molecular flexibility index (Phi) is 6.37. The lowest BCUT2D eigenvalue weighted by atomic mass is 10.1. The summed E-state index contributed by atoms with van der Waals surface area (Å²) in [6.45, 7) is 16.1. The molecule has 0 spiro atoms. The number of hydrogen-bond acceptors (Lipinski definition) is 1. The van der Waals surface area contributed by atoms with Gasteiger partial charge in [-0.3, -0.25) is 0 Å². The van der Waals surface area contributed by atoms with Crippen LogP contribution in [0.1, 0.15) is 41.0 Å². The summed E-state index contributed by atoms with van der Waals surface area (Å²) in [5.41, 5.74) is 0. The Hall–Kier alpha value is 0.907. The van der Waals surface area contributed by atoms with Crippen molar-refractivity contribution in [3.63, 3.8) is 0 Å². The molecule has 0 unspecified atom stereocenters. The van der Waals surface area contributed by atoms with E-state index in [0.717, 1.165) is 6.42 Å². The second kappa shape index (κ2) is 6.01. The summed E-state index contributed by atoms with van der Waals surface area (Å²) in [6.07, 6.45) is 1.58. The van der Waals surface area contributed by atoms with Crippen molar-refractivity contribution < 1.29 is 4.43 Å². The molecule has 0 aromatic heterocycles. The van der Waals surface area contributed by atoms with Gasteiger partial charge in [-0.2, -0.15) is 0 Å². The zero-order chi connectivity index (χ0) is 12.3. The fourth-order valence-corrected chi connectivity index (χ4v) is 3.33. The first-order valence-corrected chi connectivity index (χ1v) is 10.3. The standard InChI is InChI=1S/C12H27IOSi/c1-8-11(10(2)9-13)14-15(6,7)12(3,4)5/h10-11H,8-9H2,1-7H3/t10-,11+/m0/s1. The van der Waals surface area contributed by atoms with Crippen LogP contribution in [0.25, 0.3) is 0 Å². The Balaban J connectivity index is 4.54. The lowest BCUT2D eigenvalue weighted by Gasteiger charge is -2.40. The maximum Gasteiger partial charge on any atom is 0.192 e. The van der Waals surface area contributed by atoms with Gasteiger partial charge in [0.05, 0.1) is 0 Å². The number of hydrogen-bond donors (Lipinski definition) is 0. The summed E-state index contributed by atoms with van der Waals surface area (Å²) < 4.78 is 7.62. The van der Waals surface area contributed by atoms with Gasteiger partial charge in [0.1, 0.15) is 0 Å². The average molecular weight is 342 g/mol. The van der Waals surface area contributed by atoms with E-state index in [1.807, 2.05) is 0 Å². The quantitative estimate of drug-likeness (QED) is 0.394. The zero-order valence-corrected chi connectivity index (χ0v) is 14.5. The molecule has 0 N–H and O–H groups in total. The largest absolute Gasteiger partial charge is 0.414 e. The molecule has 0 saturated heterocycles. The van der Waals surface area contributed by atoms with Gasteiger partial charge >= 0.3 is 0 Å². The lowest BCUT2D eigenvalue weighted by Crippen LogP contribution is -2.45. The topological polar surface area (TPSA) is 9.23 Å². The van der Waals surface area contributed by atoms with Crippen molar-refractivity contribution in [2.24, 2.45) is 5.92 Å². The van der Waals surface area contributed by atoms with Crippen LogP contribution in [0.15, 0.2) is 0 Å². The van der Waals surface area contributed by atoms with E-state index in [-0.39, 0.29) is 0 Å². The summed E-state index contributed by atoms with van der Waals surface area (Å²) in [6, 6.07) is 0. The Morgan fingerprint density at radius 3 is 2.00 bits per heavy atom. The molecular weight excluding hydrogens is 315 g/mol. The van der Waals surface area contributed by atoms with Gasteiger partial charge in [0.15, 0.2) is 8.32 Å². The van der Waals surface area contributed by atoms with Gasteiger partial charge in [-0.15, -0.1) is 0 Å². The van der Waals surface area contributed by atoms with E-state index in [2.05, 4.69) is 70.3 Å². The molecule has 0 radical (unpaired) electrons. The van der Waals surface area contributed by atoms with Crippen LogP contribution in [0.3, 0.4) is 0 Å². The molecule has 0 fully saturated rings. The average Bonchev–Trinajstić information content (AvgIpc) is 2.11. The molecule has 0 heterocycles. The molecule has 15 heavy (non-hydrogen) atoms. The lowest BCUT2D eigenvalue weighted by molar-refractivity contribution is 0.133. The van der Waals surface area contributed by atoms with Crippen molar-refractivity contribution in [2.45, 2.75) is 65.3 Å². The van der Waals surface area contributed by atoms with Crippen LogP contribution in [-0.4, -0.2) is 18.8 Å². The van der Waals surface area contributed by atoms with Gasteiger partial charge in [0.2, 0.25) is 0 Å². The normalized spacial score (nSPS) is 17.6. The van der Waals surface area contributed by atoms with E-state index in [4.69, 9.17) is 4.43 Å². The Labute approximate surface area is 111 Å². The Bertz CT molecular complexity index is 187. The third-order valence-corrected chi connectivity index (χ3v) is 9.43. The van der Waals surface area contributed by atoms with Crippen LogP contribution >= 0.6 is 22.6 Å². The predicted molar refractivity (Wildman–Crippen MR) is 80.4 cm³/mol. The first-order chi connectivity index (χ1) is 6.65. The number of rotatable bonds is 5. The minimum absolute atomic E-state index is 0.325. The van der Waals surface area contributed by atoms with Crippen molar-refractivity contribution in [1.82, 2.24) is 0 Å². The van der Waals surface area contributed by atoms with Crippen molar-refractivity contribution >= 4 is 30.9 Å². The molecule has 92 valence electrons.